The fraction of sp³-hybridized carbons (Fsp3) is 0.231. The lowest BCUT2D eigenvalue weighted by Crippen LogP contribution is -2.31. The number of nitrogens with zero attached hydrogens (tertiary/aromatic N) is 2. The maximum Gasteiger partial charge on any atom is 0.213 e. The highest BCUT2D eigenvalue weighted by Gasteiger charge is 2.00. The van der Waals surface area contributed by atoms with E-state index >= 15 is 0 Å². The van der Waals surface area contributed by atoms with Gasteiger partial charge in [0.05, 0.1) is 19.3 Å². The third-order valence-corrected chi connectivity index (χ3v) is 2.36. The third kappa shape index (κ3) is 3.62. The van der Waals surface area contributed by atoms with Gasteiger partial charge >= 0.3 is 0 Å². The molecule has 94 valence electrons. The summed E-state index contributed by atoms with van der Waals surface area (Å²) >= 11 is 0. The van der Waals surface area contributed by atoms with Crippen LogP contribution in [-0.2, 0) is 13.1 Å². The molecule has 0 aliphatic rings. The highest BCUT2D eigenvalue weighted by molar-refractivity contribution is 5.77. The van der Waals surface area contributed by atoms with Crippen LogP contribution in [-0.4, -0.2) is 10.9 Å². The van der Waals surface area contributed by atoms with Crippen LogP contribution in [0.15, 0.2) is 45.9 Å². The smallest absolute Gasteiger partial charge is 0.213 e. The standard InChI is InChI=1S/C13H16N4O/c1-10-7-15-12(18-10)9-17-13(14)16-8-11-5-3-2-4-6-11/h2-7H,8-9H2,1H3,(H3,14,16,17). The van der Waals surface area contributed by atoms with E-state index in [4.69, 9.17) is 10.2 Å². The molecule has 3 N–H and O–H groups in total. The number of guanidine groups is 1. The monoisotopic (exact) mass is 244 g/mol. The molecular weight excluding hydrogens is 228 g/mol. The molecule has 5 heteroatoms. The van der Waals surface area contributed by atoms with Crippen molar-refractivity contribution >= 4 is 5.96 Å². The first kappa shape index (κ1) is 12.2. The van der Waals surface area contributed by atoms with Crippen LogP contribution in [0.3, 0.4) is 0 Å². The van der Waals surface area contributed by atoms with E-state index in [-0.39, 0.29) is 0 Å². The Balaban J connectivity index is 1.82. The molecule has 0 fully saturated rings. The van der Waals surface area contributed by atoms with Gasteiger partial charge in [-0.25, -0.2) is 9.98 Å². The van der Waals surface area contributed by atoms with Gasteiger partial charge in [-0.2, -0.15) is 0 Å². The number of aromatic nitrogens is 1. The molecule has 0 atom stereocenters. The Morgan fingerprint density at radius 1 is 1.39 bits per heavy atom. The van der Waals surface area contributed by atoms with E-state index in [0.717, 1.165) is 11.3 Å². The molecule has 18 heavy (non-hydrogen) atoms. The average Bonchev–Trinajstić information content (AvgIpc) is 2.81. The van der Waals surface area contributed by atoms with Gasteiger partial charge in [0, 0.05) is 0 Å². The quantitative estimate of drug-likeness (QED) is 0.632. The van der Waals surface area contributed by atoms with Crippen LogP contribution in [0.2, 0.25) is 0 Å². The van der Waals surface area contributed by atoms with E-state index in [9.17, 15) is 0 Å². The maximum atomic E-state index is 5.75. The summed E-state index contributed by atoms with van der Waals surface area (Å²) in [6, 6.07) is 9.94. The van der Waals surface area contributed by atoms with Crippen molar-refractivity contribution < 1.29 is 4.42 Å². The van der Waals surface area contributed by atoms with E-state index in [1.807, 2.05) is 37.3 Å². The van der Waals surface area contributed by atoms with Crippen molar-refractivity contribution in [2.75, 3.05) is 0 Å². The van der Waals surface area contributed by atoms with E-state index in [2.05, 4.69) is 15.3 Å². The fourth-order valence-electron chi connectivity index (χ4n) is 1.47. The van der Waals surface area contributed by atoms with Crippen LogP contribution in [0.4, 0.5) is 0 Å². The predicted octanol–water partition coefficient (Wildman–Crippen LogP) is 1.59. The SMILES string of the molecule is Cc1cnc(CNC(N)=NCc2ccccc2)o1. The number of hydrogen-bond donors (Lipinski definition) is 2. The normalized spacial score (nSPS) is 11.5. The Bertz CT molecular complexity index is 519. The molecule has 0 amide bonds. The van der Waals surface area contributed by atoms with Gasteiger partial charge in [-0.1, -0.05) is 30.3 Å². The van der Waals surface area contributed by atoms with Crippen molar-refractivity contribution in [2.24, 2.45) is 10.7 Å². The van der Waals surface area contributed by atoms with E-state index in [0.29, 0.717) is 24.9 Å². The molecule has 0 unspecified atom stereocenters. The molecule has 0 saturated carbocycles. The number of rotatable bonds is 4. The van der Waals surface area contributed by atoms with Crippen molar-refractivity contribution in [3.63, 3.8) is 0 Å². The Morgan fingerprint density at radius 2 is 2.17 bits per heavy atom. The summed E-state index contributed by atoms with van der Waals surface area (Å²) in [6.07, 6.45) is 1.67. The largest absolute Gasteiger partial charge is 0.444 e. The minimum absolute atomic E-state index is 0.384. The Morgan fingerprint density at radius 3 is 2.83 bits per heavy atom. The molecule has 2 aromatic rings. The summed E-state index contributed by atoms with van der Waals surface area (Å²) in [7, 11) is 0. The van der Waals surface area contributed by atoms with Gasteiger partial charge in [0.1, 0.15) is 5.76 Å². The van der Waals surface area contributed by atoms with E-state index in [1.54, 1.807) is 6.20 Å². The molecule has 5 nitrogen and oxygen atoms in total. The van der Waals surface area contributed by atoms with Crippen molar-refractivity contribution in [1.29, 1.82) is 0 Å². The number of aliphatic imine (C=N–C) groups is 1. The first-order valence-corrected chi connectivity index (χ1v) is 5.73. The highest BCUT2D eigenvalue weighted by Crippen LogP contribution is 2.01. The molecule has 2 rings (SSSR count). The maximum absolute atomic E-state index is 5.75. The molecule has 1 heterocycles. The van der Waals surface area contributed by atoms with Crippen LogP contribution < -0.4 is 11.1 Å². The summed E-state index contributed by atoms with van der Waals surface area (Å²) in [5.74, 6) is 1.77. The summed E-state index contributed by atoms with van der Waals surface area (Å²) < 4.78 is 5.31. The van der Waals surface area contributed by atoms with Gasteiger partial charge in [0.25, 0.3) is 0 Å². The lowest BCUT2D eigenvalue weighted by atomic mass is 10.2. The number of aryl methyl sites for hydroxylation is 1. The van der Waals surface area contributed by atoms with Gasteiger partial charge in [-0.05, 0) is 12.5 Å². The molecule has 0 spiro atoms. The number of hydrogen-bond acceptors (Lipinski definition) is 3. The lowest BCUT2D eigenvalue weighted by molar-refractivity contribution is 0.465. The molecule has 0 radical (unpaired) electrons. The first-order valence-electron chi connectivity index (χ1n) is 5.73. The zero-order chi connectivity index (χ0) is 12.8. The second-order valence-corrected chi connectivity index (χ2v) is 3.91. The Kier molecular flexibility index (Phi) is 3.96. The van der Waals surface area contributed by atoms with Crippen molar-refractivity contribution in [3.8, 4) is 0 Å². The van der Waals surface area contributed by atoms with Crippen LogP contribution in [0, 0.1) is 6.92 Å². The van der Waals surface area contributed by atoms with Crippen LogP contribution in [0.25, 0.3) is 0 Å². The Labute approximate surface area is 106 Å². The molecule has 0 aliphatic carbocycles. The summed E-state index contributed by atoms with van der Waals surface area (Å²) in [5.41, 5.74) is 6.87. The number of nitrogens with one attached hydrogen (secondary N) is 1. The topological polar surface area (TPSA) is 76.4 Å². The number of benzene rings is 1. The van der Waals surface area contributed by atoms with Gasteiger partial charge in [-0.15, -0.1) is 0 Å². The molecular formula is C13H16N4O. The molecule has 0 bridgehead atoms. The zero-order valence-corrected chi connectivity index (χ0v) is 10.3. The highest BCUT2D eigenvalue weighted by atomic mass is 16.4. The van der Waals surface area contributed by atoms with Crippen LogP contribution in [0.1, 0.15) is 17.2 Å². The predicted molar refractivity (Wildman–Crippen MR) is 69.8 cm³/mol. The Hall–Kier alpha value is -2.30. The van der Waals surface area contributed by atoms with E-state index < -0.39 is 0 Å². The summed E-state index contributed by atoms with van der Waals surface area (Å²) in [5, 5.41) is 2.95. The van der Waals surface area contributed by atoms with Gasteiger partial charge in [0.2, 0.25) is 5.89 Å². The van der Waals surface area contributed by atoms with E-state index in [1.165, 1.54) is 0 Å². The second kappa shape index (κ2) is 5.86. The molecule has 1 aromatic heterocycles. The molecule has 0 saturated heterocycles. The number of oxazole rings is 1. The second-order valence-electron chi connectivity index (χ2n) is 3.91. The van der Waals surface area contributed by atoms with Crippen molar-refractivity contribution in [1.82, 2.24) is 10.3 Å². The lowest BCUT2D eigenvalue weighted by Gasteiger charge is -2.02. The summed E-state index contributed by atoms with van der Waals surface area (Å²) in [4.78, 5) is 8.30. The van der Waals surface area contributed by atoms with Gasteiger partial charge < -0.3 is 15.5 Å². The first-order chi connectivity index (χ1) is 8.74. The minimum Gasteiger partial charge on any atom is -0.444 e. The number of nitrogens with two attached hydrogens (primary N) is 1. The third-order valence-electron chi connectivity index (χ3n) is 2.36. The molecule has 0 aliphatic heterocycles. The van der Waals surface area contributed by atoms with Gasteiger partial charge in [0.15, 0.2) is 5.96 Å². The minimum atomic E-state index is 0.384. The van der Waals surface area contributed by atoms with Crippen molar-refractivity contribution in [3.05, 3.63) is 53.7 Å². The van der Waals surface area contributed by atoms with Crippen LogP contribution >= 0.6 is 0 Å². The average molecular weight is 244 g/mol. The zero-order valence-electron chi connectivity index (χ0n) is 10.3. The summed E-state index contributed by atoms with van der Waals surface area (Å²) in [6.45, 7) is 2.85. The fourth-order valence-corrected chi connectivity index (χ4v) is 1.47. The van der Waals surface area contributed by atoms with Crippen molar-refractivity contribution in [2.45, 2.75) is 20.0 Å². The van der Waals surface area contributed by atoms with Gasteiger partial charge in [-0.3, -0.25) is 0 Å². The van der Waals surface area contributed by atoms with Crippen LogP contribution in [0.5, 0.6) is 0 Å². The molecule has 1 aromatic carbocycles.